The third kappa shape index (κ3) is 3.21. The summed E-state index contributed by atoms with van der Waals surface area (Å²) in [7, 11) is -0.468. The van der Waals surface area contributed by atoms with Crippen LogP contribution in [0.1, 0.15) is 27.7 Å². The largest absolute Gasteiger partial charge is 0.495 e. The molecule has 6 rings (SSSR count). The summed E-state index contributed by atoms with van der Waals surface area (Å²) in [6, 6.07) is 31.4. The van der Waals surface area contributed by atoms with E-state index in [9.17, 15) is 0 Å². The molecule has 5 aromatic rings. The third-order valence-electron chi connectivity index (χ3n) is 7.34. The molecular weight excluding hydrogens is 419 g/mol. The first-order valence-corrected chi connectivity index (χ1v) is 11.8. The Bertz CT molecular complexity index is 1480. The Morgan fingerprint density at radius 3 is 1.76 bits per heavy atom. The van der Waals surface area contributed by atoms with Gasteiger partial charge in [-0.05, 0) is 55.6 Å². The molecule has 34 heavy (non-hydrogen) atoms. The minimum absolute atomic E-state index is 0.415. The highest BCUT2D eigenvalue weighted by Crippen LogP contribution is 2.44. The Morgan fingerprint density at radius 2 is 1.15 bits per heavy atom. The lowest BCUT2D eigenvalue weighted by Gasteiger charge is -2.32. The van der Waals surface area contributed by atoms with Gasteiger partial charge in [0.2, 0.25) is 0 Å². The topological polar surface area (TPSA) is 31.6 Å². The first-order chi connectivity index (χ1) is 16.4. The van der Waals surface area contributed by atoms with Crippen LogP contribution in [0.15, 0.2) is 95.4 Å². The van der Waals surface area contributed by atoms with Crippen molar-refractivity contribution < 1.29 is 13.7 Å². The summed E-state index contributed by atoms with van der Waals surface area (Å²) in [5, 5.41) is 3.36. The Labute approximate surface area is 200 Å². The molecule has 0 saturated carbocycles. The number of furan rings is 1. The van der Waals surface area contributed by atoms with Crippen molar-refractivity contribution in [3.63, 3.8) is 0 Å². The molecule has 1 saturated heterocycles. The Kier molecular flexibility index (Phi) is 4.74. The number of hydrogen-bond donors (Lipinski definition) is 0. The maximum Gasteiger partial charge on any atom is 0.495 e. The molecule has 0 bridgehead atoms. The Hall–Kier alpha value is -3.34. The van der Waals surface area contributed by atoms with Gasteiger partial charge < -0.3 is 13.7 Å². The number of benzene rings is 4. The van der Waals surface area contributed by atoms with Crippen molar-refractivity contribution in [2.45, 2.75) is 38.9 Å². The van der Waals surface area contributed by atoms with Crippen LogP contribution in [0.5, 0.6) is 0 Å². The van der Waals surface area contributed by atoms with E-state index in [-0.39, 0.29) is 0 Å². The SMILES string of the molecule is CC1(C)OB(c2cc3oc(-c4ccccc4)c(-c4ccccc4)c3c3ccccc23)OC1(C)C. The standard InChI is InChI=1S/C30H27BO3/c1-29(2)30(3,4)34-31(33-29)24-19-25-27(23-18-12-11-17-22(23)24)26(20-13-7-5-8-14-20)28(32-25)21-15-9-6-10-16-21/h5-19H,1-4H3. The second kappa shape index (κ2) is 7.59. The highest BCUT2D eigenvalue weighted by molar-refractivity contribution is 6.65. The average Bonchev–Trinajstić information content (AvgIpc) is 3.33. The second-order valence-corrected chi connectivity index (χ2v) is 10.0. The van der Waals surface area contributed by atoms with E-state index in [1.165, 1.54) is 0 Å². The quantitative estimate of drug-likeness (QED) is 0.274. The van der Waals surface area contributed by atoms with Gasteiger partial charge in [-0.15, -0.1) is 0 Å². The molecule has 2 heterocycles. The number of rotatable bonds is 3. The van der Waals surface area contributed by atoms with E-state index < -0.39 is 18.3 Å². The van der Waals surface area contributed by atoms with Gasteiger partial charge in [-0.25, -0.2) is 0 Å². The van der Waals surface area contributed by atoms with Crippen molar-refractivity contribution in [2.24, 2.45) is 0 Å². The van der Waals surface area contributed by atoms with Crippen LogP contribution in [0.3, 0.4) is 0 Å². The van der Waals surface area contributed by atoms with E-state index in [1.807, 2.05) is 24.3 Å². The summed E-state index contributed by atoms with van der Waals surface area (Å²) < 4.78 is 19.5. The number of hydrogen-bond acceptors (Lipinski definition) is 3. The van der Waals surface area contributed by atoms with Gasteiger partial charge in [-0.1, -0.05) is 84.9 Å². The smallest absolute Gasteiger partial charge is 0.455 e. The molecule has 1 aliphatic rings. The van der Waals surface area contributed by atoms with E-state index in [4.69, 9.17) is 13.7 Å². The molecule has 4 aromatic carbocycles. The van der Waals surface area contributed by atoms with Gasteiger partial charge in [0.05, 0.1) is 11.2 Å². The molecule has 0 radical (unpaired) electrons. The molecule has 3 nitrogen and oxygen atoms in total. The second-order valence-electron chi connectivity index (χ2n) is 10.0. The van der Waals surface area contributed by atoms with Gasteiger partial charge >= 0.3 is 7.12 Å². The predicted molar refractivity (Wildman–Crippen MR) is 140 cm³/mol. The van der Waals surface area contributed by atoms with Crippen LogP contribution in [0.2, 0.25) is 0 Å². The minimum Gasteiger partial charge on any atom is -0.455 e. The summed E-state index contributed by atoms with van der Waals surface area (Å²) in [6.45, 7) is 8.34. The molecule has 168 valence electrons. The molecule has 0 atom stereocenters. The zero-order valence-electron chi connectivity index (χ0n) is 20.0. The molecule has 1 fully saturated rings. The van der Waals surface area contributed by atoms with E-state index in [1.54, 1.807) is 0 Å². The van der Waals surface area contributed by atoms with E-state index >= 15 is 0 Å². The molecule has 0 N–H and O–H groups in total. The molecule has 0 spiro atoms. The Balaban J connectivity index is 1.68. The van der Waals surface area contributed by atoms with Crippen LogP contribution in [0.25, 0.3) is 44.2 Å². The van der Waals surface area contributed by atoms with Crippen LogP contribution in [0, 0.1) is 0 Å². The summed E-state index contributed by atoms with van der Waals surface area (Å²) in [5.74, 6) is 0.873. The highest BCUT2D eigenvalue weighted by Gasteiger charge is 2.52. The molecule has 1 aromatic heterocycles. The minimum atomic E-state index is -0.468. The van der Waals surface area contributed by atoms with Crippen LogP contribution >= 0.6 is 0 Å². The zero-order chi connectivity index (χ0) is 23.5. The molecular formula is C30H27BO3. The van der Waals surface area contributed by atoms with Crippen LogP contribution in [-0.2, 0) is 9.31 Å². The molecule has 4 heteroatoms. The number of fused-ring (bicyclic) bond motifs is 3. The van der Waals surface area contributed by atoms with Crippen LogP contribution < -0.4 is 5.46 Å². The summed E-state index contributed by atoms with van der Waals surface area (Å²) in [5.41, 5.74) is 4.30. The average molecular weight is 446 g/mol. The molecule has 1 aliphatic heterocycles. The van der Waals surface area contributed by atoms with E-state index in [0.29, 0.717) is 0 Å². The Morgan fingerprint density at radius 1 is 0.618 bits per heavy atom. The normalized spacial score (nSPS) is 17.0. The van der Waals surface area contributed by atoms with Gasteiger partial charge in [-0.2, -0.15) is 0 Å². The van der Waals surface area contributed by atoms with Crippen molar-refractivity contribution in [1.29, 1.82) is 0 Å². The van der Waals surface area contributed by atoms with Gasteiger partial charge in [0.15, 0.2) is 0 Å². The fraction of sp³-hybridized carbons (Fsp3) is 0.200. The third-order valence-corrected chi connectivity index (χ3v) is 7.34. The fourth-order valence-corrected chi connectivity index (χ4v) is 4.83. The van der Waals surface area contributed by atoms with E-state index in [2.05, 4.69) is 94.4 Å². The van der Waals surface area contributed by atoms with Crippen molar-refractivity contribution >= 4 is 34.3 Å². The van der Waals surface area contributed by atoms with Gasteiger partial charge in [0.25, 0.3) is 0 Å². The van der Waals surface area contributed by atoms with Crippen molar-refractivity contribution in [2.75, 3.05) is 0 Å². The summed E-state index contributed by atoms with van der Waals surface area (Å²) in [6.07, 6.45) is 0. The monoisotopic (exact) mass is 446 g/mol. The van der Waals surface area contributed by atoms with Gasteiger partial charge in [-0.3, -0.25) is 0 Å². The molecule has 0 amide bonds. The maximum absolute atomic E-state index is 6.64. The van der Waals surface area contributed by atoms with Crippen molar-refractivity contribution in [3.8, 4) is 22.5 Å². The fourth-order valence-electron chi connectivity index (χ4n) is 4.83. The first-order valence-electron chi connectivity index (χ1n) is 11.8. The maximum atomic E-state index is 6.64. The van der Waals surface area contributed by atoms with E-state index in [0.717, 1.165) is 49.7 Å². The lowest BCUT2D eigenvalue weighted by molar-refractivity contribution is 0.00578. The van der Waals surface area contributed by atoms with Gasteiger partial charge in [0.1, 0.15) is 11.3 Å². The summed E-state index contributed by atoms with van der Waals surface area (Å²) >= 11 is 0. The van der Waals surface area contributed by atoms with Gasteiger partial charge in [0, 0.05) is 16.5 Å². The highest BCUT2D eigenvalue weighted by atomic mass is 16.7. The predicted octanol–water partition coefficient (Wildman–Crippen LogP) is 7.22. The zero-order valence-corrected chi connectivity index (χ0v) is 20.0. The first kappa shape index (κ1) is 21.2. The van der Waals surface area contributed by atoms with Crippen molar-refractivity contribution in [1.82, 2.24) is 0 Å². The molecule has 0 unspecified atom stereocenters. The molecule has 0 aliphatic carbocycles. The van der Waals surface area contributed by atoms with Crippen LogP contribution in [0.4, 0.5) is 0 Å². The van der Waals surface area contributed by atoms with Crippen LogP contribution in [-0.4, -0.2) is 18.3 Å². The van der Waals surface area contributed by atoms with Crippen molar-refractivity contribution in [3.05, 3.63) is 91.0 Å². The lowest BCUT2D eigenvalue weighted by Crippen LogP contribution is -2.41. The lowest BCUT2D eigenvalue weighted by atomic mass is 9.75. The summed E-state index contributed by atoms with van der Waals surface area (Å²) in [4.78, 5) is 0.